The van der Waals surface area contributed by atoms with E-state index < -0.39 is 5.41 Å². The van der Waals surface area contributed by atoms with Crippen molar-refractivity contribution < 1.29 is 0 Å². The Kier molecular flexibility index (Phi) is 5.97. The molecule has 0 heteroatoms. The lowest BCUT2D eigenvalue weighted by Gasteiger charge is -2.35. The van der Waals surface area contributed by atoms with Crippen molar-refractivity contribution in [1.29, 1.82) is 0 Å². The summed E-state index contributed by atoms with van der Waals surface area (Å²) in [5.41, 5.74) is 12.3. The van der Waals surface area contributed by atoms with E-state index in [-0.39, 0.29) is 0 Å². The lowest BCUT2D eigenvalue weighted by molar-refractivity contribution is 0.776. The van der Waals surface area contributed by atoms with Gasteiger partial charge in [0.25, 0.3) is 0 Å². The molecule has 11 rings (SSSR count). The van der Waals surface area contributed by atoms with Crippen molar-refractivity contribution in [1.82, 2.24) is 0 Å². The molecule has 0 aromatic heterocycles. The molecule has 0 atom stereocenters. The van der Waals surface area contributed by atoms with Gasteiger partial charge in [0.1, 0.15) is 0 Å². The van der Waals surface area contributed by atoms with Crippen LogP contribution in [0.15, 0.2) is 194 Å². The minimum atomic E-state index is -0.538. The van der Waals surface area contributed by atoms with E-state index in [4.69, 9.17) is 0 Å². The van der Waals surface area contributed by atoms with E-state index in [1.165, 1.54) is 98.7 Å². The highest BCUT2D eigenvalue weighted by Gasteiger charge is 2.48. The number of benzene rings is 10. The molecule has 0 N–H and O–H groups in total. The predicted molar refractivity (Wildman–Crippen MR) is 216 cm³/mol. The summed E-state index contributed by atoms with van der Waals surface area (Å²) < 4.78 is 0. The van der Waals surface area contributed by atoms with E-state index in [2.05, 4.69) is 194 Å². The summed E-state index contributed by atoms with van der Waals surface area (Å²) >= 11 is 0. The summed E-state index contributed by atoms with van der Waals surface area (Å²) in [5, 5.41) is 10.4. The van der Waals surface area contributed by atoms with E-state index >= 15 is 0 Å². The van der Waals surface area contributed by atoms with Crippen molar-refractivity contribution in [2.75, 3.05) is 0 Å². The fourth-order valence-electron chi connectivity index (χ4n) is 9.32. The van der Waals surface area contributed by atoms with Gasteiger partial charge in [0.05, 0.1) is 5.41 Å². The van der Waals surface area contributed by atoms with Gasteiger partial charge in [-0.3, -0.25) is 0 Å². The van der Waals surface area contributed by atoms with E-state index in [1.807, 2.05) is 0 Å². The highest BCUT2D eigenvalue weighted by atomic mass is 14.5. The first-order valence-electron chi connectivity index (χ1n) is 17.8. The molecule has 0 nitrogen and oxygen atoms in total. The second-order valence-corrected chi connectivity index (χ2v) is 14.0. The molecule has 0 bridgehead atoms. The number of rotatable bonds is 4. The summed E-state index contributed by atoms with van der Waals surface area (Å²) in [6.45, 7) is 0. The lowest BCUT2D eigenvalue weighted by atomic mass is 9.66. The normalized spacial score (nSPS) is 13.3. The zero-order valence-corrected chi connectivity index (χ0v) is 28.0. The van der Waals surface area contributed by atoms with Gasteiger partial charge in [0, 0.05) is 0 Å². The molecule has 0 amide bonds. The SMILES string of the molecule is c1ccc(-c2cc(-c3cc4ccc5cccc6ccc(c3)c4c56)cc3c2-c2ccc4ccccc4c2C3(c2ccccc2)c2ccccc2)cc1. The molecule has 0 radical (unpaired) electrons. The van der Waals surface area contributed by atoms with Crippen LogP contribution in [0.1, 0.15) is 22.3 Å². The van der Waals surface area contributed by atoms with Crippen molar-refractivity contribution >= 4 is 43.1 Å². The Morgan fingerprint density at radius 3 is 1.49 bits per heavy atom. The lowest BCUT2D eigenvalue weighted by Crippen LogP contribution is -2.29. The summed E-state index contributed by atoms with van der Waals surface area (Å²) in [4.78, 5) is 0. The van der Waals surface area contributed by atoms with Gasteiger partial charge in [-0.05, 0) is 123 Å². The van der Waals surface area contributed by atoms with Crippen LogP contribution in [0.25, 0.3) is 76.5 Å². The molecule has 1 aliphatic carbocycles. The quantitative estimate of drug-likeness (QED) is 0.167. The van der Waals surface area contributed by atoms with E-state index in [1.54, 1.807) is 0 Å². The van der Waals surface area contributed by atoms with Crippen molar-refractivity contribution in [3.8, 4) is 33.4 Å². The molecule has 0 heterocycles. The molecule has 0 saturated heterocycles. The van der Waals surface area contributed by atoms with Crippen molar-refractivity contribution in [2.24, 2.45) is 0 Å². The molecule has 10 aromatic carbocycles. The first kappa shape index (κ1) is 28.3. The molecular formula is C51H32. The maximum absolute atomic E-state index is 2.52. The number of hydrogen-bond donors (Lipinski definition) is 0. The second kappa shape index (κ2) is 10.7. The minimum Gasteiger partial charge on any atom is -0.0622 e. The Morgan fingerprint density at radius 1 is 0.314 bits per heavy atom. The van der Waals surface area contributed by atoms with Crippen LogP contribution in [0.3, 0.4) is 0 Å². The largest absolute Gasteiger partial charge is 0.0720 e. The van der Waals surface area contributed by atoms with Crippen LogP contribution in [0.2, 0.25) is 0 Å². The van der Waals surface area contributed by atoms with Crippen LogP contribution in [0.5, 0.6) is 0 Å². The summed E-state index contributed by atoms with van der Waals surface area (Å²) in [5.74, 6) is 0. The van der Waals surface area contributed by atoms with Crippen LogP contribution in [0.4, 0.5) is 0 Å². The van der Waals surface area contributed by atoms with Crippen LogP contribution in [-0.2, 0) is 5.41 Å². The highest BCUT2D eigenvalue weighted by Crippen LogP contribution is 2.61. The van der Waals surface area contributed by atoms with Crippen LogP contribution < -0.4 is 0 Å². The van der Waals surface area contributed by atoms with E-state index in [9.17, 15) is 0 Å². The van der Waals surface area contributed by atoms with Crippen molar-refractivity contribution in [2.45, 2.75) is 5.41 Å². The Hall–Kier alpha value is -6.50. The molecule has 0 spiro atoms. The standard InChI is InChI=1S/C51H32/c1-4-13-33(14-5-1)45-31-40(39-29-37-25-23-35-16-12-17-36-24-26-38(30-39)48(37)47(35)36)32-46-49(45)44-28-27-34-15-10-11-22-43(34)50(44)51(46,41-18-6-2-7-19-41)42-20-8-3-9-21-42/h1-32H. The third-order valence-corrected chi connectivity index (χ3v) is 11.4. The first-order chi connectivity index (χ1) is 25.3. The first-order valence-corrected chi connectivity index (χ1v) is 17.8. The van der Waals surface area contributed by atoms with Crippen LogP contribution in [0, 0.1) is 0 Å². The van der Waals surface area contributed by atoms with Gasteiger partial charge in [-0.25, -0.2) is 0 Å². The maximum Gasteiger partial charge on any atom is 0.0720 e. The summed E-state index contributed by atoms with van der Waals surface area (Å²) in [7, 11) is 0. The summed E-state index contributed by atoms with van der Waals surface area (Å²) in [6.07, 6.45) is 0. The van der Waals surface area contributed by atoms with E-state index in [0.29, 0.717) is 0 Å². The van der Waals surface area contributed by atoms with Gasteiger partial charge >= 0.3 is 0 Å². The Labute approximate surface area is 297 Å². The van der Waals surface area contributed by atoms with E-state index in [0.717, 1.165) is 0 Å². The molecule has 236 valence electrons. The van der Waals surface area contributed by atoms with Gasteiger partial charge < -0.3 is 0 Å². The average Bonchev–Trinajstić information content (AvgIpc) is 3.52. The zero-order chi connectivity index (χ0) is 33.5. The van der Waals surface area contributed by atoms with Crippen molar-refractivity contribution in [3.05, 3.63) is 216 Å². The fraction of sp³-hybridized carbons (Fsp3) is 0.0196. The van der Waals surface area contributed by atoms with Gasteiger partial charge in [0.15, 0.2) is 0 Å². The number of fused-ring (bicyclic) bond motifs is 5. The third kappa shape index (κ3) is 3.96. The molecule has 10 aromatic rings. The summed E-state index contributed by atoms with van der Waals surface area (Å²) in [6, 6.07) is 72.6. The molecular weight excluding hydrogens is 613 g/mol. The predicted octanol–water partition coefficient (Wildman–Crippen LogP) is 13.4. The zero-order valence-electron chi connectivity index (χ0n) is 28.0. The number of hydrogen-bond acceptors (Lipinski definition) is 0. The molecule has 0 saturated carbocycles. The monoisotopic (exact) mass is 644 g/mol. The molecule has 0 unspecified atom stereocenters. The van der Waals surface area contributed by atoms with Crippen LogP contribution >= 0.6 is 0 Å². The molecule has 0 fully saturated rings. The van der Waals surface area contributed by atoms with Crippen molar-refractivity contribution in [3.63, 3.8) is 0 Å². The Morgan fingerprint density at radius 2 is 0.824 bits per heavy atom. The molecule has 1 aliphatic rings. The minimum absolute atomic E-state index is 0.538. The van der Waals surface area contributed by atoms with Gasteiger partial charge in [-0.15, -0.1) is 0 Å². The molecule has 51 heavy (non-hydrogen) atoms. The van der Waals surface area contributed by atoms with Gasteiger partial charge in [0.2, 0.25) is 0 Å². The average molecular weight is 645 g/mol. The highest BCUT2D eigenvalue weighted by molar-refractivity contribution is 6.23. The topological polar surface area (TPSA) is 0 Å². The third-order valence-electron chi connectivity index (χ3n) is 11.4. The fourth-order valence-corrected chi connectivity index (χ4v) is 9.32. The Bertz CT molecular complexity index is 2830. The smallest absolute Gasteiger partial charge is 0.0622 e. The second-order valence-electron chi connectivity index (χ2n) is 14.0. The van der Waals surface area contributed by atoms with Gasteiger partial charge in [-0.1, -0.05) is 170 Å². The maximum atomic E-state index is 2.52. The molecule has 0 aliphatic heterocycles. The Balaban J connectivity index is 1.31. The van der Waals surface area contributed by atoms with Crippen LogP contribution in [-0.4, -0.2) is 0 Å². The van der Waals surface area contributed by atoms with Gasteiger partial charge in [-0.2, -0.15) is 0 Å².